The van der Waals surface area contributed by atoms with Crippen molar-refractivity contribution >= 4 is 11.6 Å². The minimum atomic E-state index is -0.307. The second kappa shape index (κ2) is 6.83. The Labute approximate surface area is 140 Å². The van der Waals surface area contributed by atoms with Crippen LogP contribution < -0.4 is 10.9 Å². The summed E-state index contributed by atoms with van der Waals surface area (Å²) in [6.45, 7) is 5.94. The highest BCUT2D eigenvalue weighted by atomic mass is 16.2. The molecule has 1 amide bonds. The number of nitrogens with zero attached hydrogens (tertiary/aromatic N) is 1. The van der Waals surface area contributed by atoms with Gasteiger partial charge in [-0.2, -0.15) is 5.10 Å². The third kappa shape index (κ3) is 3.52. The zero-order valence-electron chi connectivity index (χ0n) is 13.3. The van der Waals surface area contributed by atoms with Crippen LogP contribution >= 0.6 is 0 Å². The fourth-order valence-electron chi connectivity index (χ4n) is 2.22. The van der Waals surface area contributed by atoms with E-state index in [0.29, 0.717) is 11.4 Å². The Hall–Kier alpha value is -3.34. The molecule has 0 aliphatic carbocycles. The lowest BCUT2D eigenvalue weighted by Gasteiger charge is -2.10. The lowest BCUT2D eigenvalue weighted by molar-refractivity contribution is 0.0937. The summed E-state index contributed by atoms with van der Waals surface area (Å²) in [5, 5.41) is 6.91. The maximum atomic E-state index is 12.2. The van der Waals surface area contributed by atoms with Gasteiger partial charge in [-0.15, -0.1) is 0 Å². The van der Waals surface area contributed by atoms with Crippen molar-refractivity contribution < 1.29 is 4.79 Å². The molecule has 24 heavy (non-hydrogen) atoms. The summed E-state index contributed by atoms with van der Waals surface area (Å²) in [6, 6.07) is 19.3. The molecular formula is C19H18N4O. The fourth-order valence-corrected chi connectivity index (χ4v) is 2.22. The largest absolute Gasteiger partial charge is 0.298 e. The number of H-pyrrole nitrogens is 1. The van der Waals surface area contributed by atoms with Crippen LogP contribution in [-0.4, -0.2) is 16.1 Å². The van der Waals surface area contributed by atoms with E-state index in [-0.39, 0.29) is 5.91 Å². The van der Waals surface area contributed by atoms with E-state index in [1.165, 1.54) is 5.56 Å². The molecule has 0 unspecified atom stereocenters. The highest BCUT2D eigenvalue weighted by Crippen LogP contribution is 2.16. The SMILES string of the molecule is C=C(NNC(=O)c1cc(-c2ccccc2)n[nH]1)c1ccc(C)cc1. The van der Waals surface area contributed by atoms with Gasteiger partial charge in [0.15, 0.2) is 0 Å². The highest BCUT2D eigenvalue weighted by Gasteiger charge is 2.11. The van der Waals surface area contributed by atoms with Crippen molar-refractivity contribution in [2.75, 3.05) is 0 Å². The summed E-state index contributed by atoms with van der Waals surface area (Å²) in [7, 11) is 0. The highest BCUT2D eigenvalue weighted by molar-refractivity contribution is 5.93. The van der Waals surface area contributed by atoms with Gasteiger partial charge in [0.25, 0.3) is 5.91 Å². The maximum absolute atomic E-state index is 12.2. The van der Waals surface area contributed by atoms with E-state index in [0.717, 1.165) is 16.8 Å². The minimum absolute atomic E-state index is 0.307. The number of hydrogen-bond acceptors (Lipinski definition) is 3. The zero-order chi connectivity index (χ0) is 16.9. The number of amides is 1. The van der Waals surface area contributed by atoms with Crippen molar-refractivity contribution in [3.63, 3.8) is 0 Å². The first-order chi connectivity index (χ1) is 11.6. The van der Waals surface area contributed by atoms with Crippen molar-refractivity contribution in [3.05, 3.63) is 84.1 Å². The number of hydrazine groups is 1. The monoisotopic (exact) mass is 318 g/mol. The summed E-state index contributed by atoms with van der Waals surface area (Å²) in [4.78, 5) is 12.2. The summed E-state index contributed by atoms with van der Waals surface area (Å²) >= 11 is 0. The lowest BCUT2D eigenvalue weighted by atomic mass is 10.1. The Morgan fingerprint density at radius 1 is 1.04 bits per heavy atom. The molecule has 1 aromatic heterocycles. The van der Waals surface area contributed by atoms with E-state index >= 15 is 0 Å². The molecule has 0 saturated heterocycles. The van der Waals surface area contributed by atoms with E-state index in [4.69, 9.17) is 0 Å². The molecule has 2 aromatic carbocycles. The number of aromatic amines is 1. The minimum Gasteiger partial charge on any atom is -0.298 e. The van der Waals surface area contributed by atoms with E-state index in [1.807, 2.05) is 61.5 Å². The molecule has 5 nitrogen and oxygen atoms in total. The van der Waals surface area contributed by atoms with Gasteiger partial charge in [-0.1, -0.05) is 66.7 Å². The molecule has 120 valence electrons. The van der Waals surface area contributed by atoms with Crippen LogP contribution in [0.2, 0.25) is 0 Å². The van der Waals surface area contributed by atoms with Gasteiger partial charge in [-0.25, -0.2) is 0 Å². The molecule has 3 rings (SSSR count). The molecule has 0 aliphatic rings. The fraction of sp³-hybridized carbons (Fsp3) is 0.0526. The van der Waals surface area contributed by atoms with Gasteiger partial charge < -0.3 is 0 Å². The first-order valence-electron chi connectivity index (χ1n) is 7.56. The van der Waals surface area contributed by atoms with Gasteiger partial charge in [0, 0.05) is 5.56 Å². The van der Waals surface area contributed by atoms with Crippen LogP contribution in [0, 0.1) is 6.92 Å². The molecule has 0 atom stereocenters. The molecule has 0 aliphatic heterocycles. The Balaban J connectivity index is 1.62. The Kier molecular flexibility index (Phi) is 4.43. The molecule has 0 fully saturated rings. The van der Waals surface area contributed by atoms with Crippen LogP contribution in [0.5, 0.6) is 0 Å². The Morgan fingerprint density at radius 3 is 2.46 bits per heavy atom. The smallest absolute Gasteiger partial charge is 0.287 e. The van der Waals surface area contributed by atoms with Crippen molar-refractivity contribution in [1.29, 1.82) is 0 Å². The first-order valence-corrected chi connectivity index (χ1v) is 7.56. The van der Waals surface area contributed by atoms with Crippen molar-refractivity contribution in [2.45, 2.75) is 6.92 Å². The third-order valence-electron chi connectivity index (χ3n) is 3.62. The van der Waals surface area contributed by atoms with E-state index < -0.39 is 0 Å². The second-order valence-corrected chi connectivity index (χ2v) is 5.46. The number of carbonyl (C=O) groups is 1. The molecule has 3 aromatic rings. The van der Waals surface area contributed by atoms with Crippen molar-refractivity contribution in [3.8, 4) is 11.3 Å². The predicted octanol–water partition coefficient (Wildman–Crippen LogP) is 3.29. The summed E-state index contributed by atoms with van der Waals surface area (Å²) in [6.07, 6.45) is 0. The number of benzene rings is 2. The number of hydrogen-bond donors (Lipinski definition) is 3. The number of aromatic nitrogens is 2. The topological polar surface area (TPSA) is 69.8 Å². The molecule has 0 saturated carbocycles. The van der Waals surface area contributed by atoms with Gasteiger partial charge in [0.1, 0.15) is 5.69 Å². The predicted molar refractivity (Wildman–Crippen MR) is 94.8 cm³/mol. The van der Waals surface area contributed by atoms with Crippen LogP contribution in [0.3, 0.4) is 0 Å². The third-order valence-corrected chi connectivity index (χ3v) is 3.62. The summed E-state index contributed by atoms with van der Waals surface area (Å²) < 4.78 is 0. The van der Waals surface area contributed by atoms with Crippen LogP contribution in [0.4, 0.5) is 0 Å². The average Bonchev–Trinajstić information content (AvgIpc) is 3.11. The molecule has 1 heterocycles. The molecule has 0 radical (unpaired) electrons. The van der Waals surface area contributed by atoms with Crippen LogP contribution in [-0.2, 0) is 0 Å². The average molecular weight is 318 g/mol. The molecule has 5 heteroatoms. The van der Waals surface area contributed by atoms with E-state index in [1.54, 1.807) is 6.07 Å². The molecular weight excluding hydrogens is 300 g/mol. The zero-order valence-corrected chi connectivity index (χ0v) is 13.3. The van der Waals surface area contributed by atoms with E-state index in [9.17, 15) is 4.79 Å². The Morgan fingerprint density at radius 2 is 1.75 bits per heavy atom. The lowest BCUT2D eigenvalue weighted by Crippen LogP contribution is -2.36. The van der Waals surface area contributed by atoms with Gasteiger partial charge >= 0.3 is 0 Å². The van der Waals surface area contributed by atoms with Gasteiger partial charge in [-0.05, 0) is 18.6 Å². The normalized spacial score (nSPS) is 10.2. The van der Waals surface area contributed by atoms with Gasteiger partial charge in [0.2, 0.25) is 0 Å². The van der Waals surface area contributed by atoms with Gasteiger partial charge in [0.05, 0.1) is 11.4 Å². The number of carbonyl (C=O) groups excluding carboxylic acids is 1. The second-order valence-electron chi connectivity index (χ2n) is 5.46. The molecule has 0 bridgehead atoms. The quantitative estimate of drug-likeness (QED) is 0.632. The number of aryl methyl sites for hydroxylation is 1. The van der Waals surface area contributed by atoms with Crippen LogP contribution in [0.15, 0.2) is 67.2 Å². The van der Waals surface area contributed by atoms with Crippen LogP contribution in [0.1, 0.15) is 21.6 Å². The first kappa shape index (κ1) is 15.6. The summed E-state index contributed by atoms with van der Waals surface area (Å²) in [5.74, 6) is -0.307. The van der Waals surface area contributed by atoms with Crippen LogP contribution in [0.25, 0.3) is 17.0 Å². The number of nitrogens with one attached hydrogen (secondary N) is 3. The standard InChI is InChI=1S/C19H18N4O/c1-13-8-10-15(11-9-13)14(2)20-23-19(24)18-12-17(21-22-18)16-6-4-3-5-7-16/h3-12,20H,2H2,1H3,(H,21,22)(H,23,24). The van der Waals surface area contributed by atoms with Crippen molar-refractivity contribution in [1.82, 2.24) is 21.0 Å². The molecule has 0 spiro atoms. The van der Waals surface area contributed by atoms with E-state index in [2.05, 4.69) is 27.6 Å². The van der Waals surface area contributed by atoms with Gasteiger partial charge in [-0.3, -0.25) is 20.7 Å². The Bertz CT molecular complexity index is 851. The maximum Gasteiger partial charge on any atom is 0.287 e. The number of rotatable bonds is 5. The van der Waals surface area contributed by atoms with Crippen molar-refractivity contribution in [2.24, 2.45) is 0 Å². The summed E-state index contributed by atoms with van der Waals surface area (Å²) in [5.41, 5.74) is 10.2. The molecule has 3 N–H and O–H groups in total.